The predicted molar refractivity (Wildman–Crippen MR) is 68.4 cm³/mol. The fourth-order valence-corrected chi connectivity index (χ4v) is 3.09. The molecule has 3 nitrogen and oxygen atoms in total. The molecule has 0 radical (unpaired) electrons. The highest BCUT2D eigenvalue weighted by Crippen LogP contribution is 2.37. The van der Waals surface area contributed by atoms with Crippen LogP contribution in [0.15, 0.2) is 12.4 Å². The summed E-state index contributed by atoms with van der Waals surface area (Å²) >= 11 is 1.97. The molecule has 0 spiro atoms. The molecule has 16 heavy (non-hydrogen) atoms. The summed E-state index contributed by atoms with van der Waals surface area (Å²) in [6, 6.07) is 0.232. The van der Waals surface area contributed by atoms with E-state index in [9.17, 15) is 0 Å². The van der Waals surface area contributed by atoms with E-state index < -0.39 is 0 Å². The van der Waals surface area contributed by atoms with Gasteiger partial charge in [-0.2, -0.15) is 11.8 Å². The van der Waals surface area contributed by atoms with Crippen molar-refractivity contribution in [2.24, 2.45) is 5.73 Å². The summed E-state index contributed by atoms with van der Waals surface area (Å²) < 4.78 is 0. The first-order chi connectivity index (χ1) is 7.79. The molecule has 2 atom stereocenters. The van der Waals surface area contributed by atoms with Crippen LogP contribution in [0, 0.1) is 0 Å². The van der Waals surface area contributed by atoms with Gasteiger partial charge in [0.15, 0.2) is 0 Å². The molecular formula is C12H19N3S. The third kappa shape index (κ3) is 2.95. The molecule has 88 valence electrons. The second-order valence-electron chi connectivity index (χ2n) is 4.32. The third-order valence-corrected chi connectivity index (χ3v) is 4.34. The maximum atomic E-state index is 5.91. The predicted octanol–water partition coefficient (Wildman–Crippen LogP) is 2.32. The monoisotopic (exact) mass is 237 g/mol. The zero-order valence-corrected chi connectivity index (χ0v) is 10.5. The van der Waals surface area contributed by atoms with E-state index in [1.807, 2.05) is 24.2 Å². The summed E-state index contributed by atoms with van der Waals surface area (Å²) in [5.41, 5.74) is 7.06. The summed E-state index contributed by atoms with van der Waals surface area (Å²) in [6.07, 6.45) is 8.28. The number of hydrogen-bond acceptors (Lipinski definition) is 4. The highest BCUT2D eigenvalue weighted by atomic mass is 32.2. The minimum atomic E-state index is 0.232. The minimum Gasteiger partial charge on any atom is -0.327 e. The largest absolute Gasteiger partial charge is 0.327 e. The molecule has 0 amide bonds. The highest BCUT2D eigenvalue weighted by molar-refractivity contribution is 7.99. The van der Waals surface area contributed by atoms with Crippen molar-refractivity contribution < 1.29 is 0 Å². The summed E-state index contributed by atoms with van der Waals surface area (Å²) in [7, 11) is 0. The molecule has 1 saturated heterocycles. The van der Waals surface area contributed by atoms with Gasteiger partial charge in [0, 0.05) is 18.4 Å². The van der Waals surface area contributed by atoms with Crippen molar-refractivity contribution in [1.29, 1.82) is 0 Å². The molecule has 0 bridgehead atoms. The van der Waals surface area contributed by atoms with E-state index in [4.69, 9.17) is 5.73 Å². The number of thioether (sulfide) groups is 1. The lowest BCUT2D eigenvalue weighted by Gasteiger charge is -2.10. The van der Waals surface area contributed by atoms with Crippen LogP contribution < -0.4 is 5.73 Å². The van der Waals surface area contributed by atoms with Gasteiger partial charge in [-0.05, 0) is 37.0 Å². The summed E-state index contributed by atoms with van der Waals surface area (Å²) in [5, 5.41) is 0.522. The van der Waals surface area contributed by atoms with Crippen LogP contribution in [0.4, 0.5) is 0 Å². The normalized spacial score (nSPS) is 22.2. The van der Waals surface area contributed by atoms with E-state index in [0.29, 0.717) is 5.25 Å². The molecule has 1 aromatic rings. The maximum absolute atomic E-state index is 5.91. The number of rotatable bonds is 4. The fourth-order valence-electron chi connectivity index (χ4n) is 1.86. The molecule has 0 aromatic carbocycles. The van der Waals surface area contributed by atoms with Crippen molar-refractivity contribution in [1.82, 2.24) is 9.97 Å². The smallest absolute Gasteiger partial charge is 0.141 e. The summed E-state index contributed by atoms with van der Waals surface area (Å²) in [4.78, 5) is 8.92. The number of hydrogen-bond donors (Lipinski definition) is 1. The second kappa shape index (κ2) is 5.64. The Labute approximate surface area is 101 Å². The zero-order valence-electron chi connectivity index (χ0n) is 9.72. The second-order valence-corrected chi connectivity index (χ2v) is 5.63. The average Bonchev–Trinajstić information content (AvgIpc) is 2.83. The molecule has 1 aliphatic heterocycles. The van der Waals surface area contributed by atoms with Crippen molar-refractivity contribution in [3.63, 3.8) is 0 Å². The Balaban J connectivity index is 1.98. The zero-order chi connectivity index (χ0) is 11.4. The van der Waals surface area contributed by atoms with Crippen LogP contribution in [0.25, 0.3) is 0 Å². The van der Waals surface area contributed by atoms with Crippen LogP contribution in [0.1, 0.15) is 42.8 Å². The molecule has 2 rings (SSSR count). The van der Waals surface area contributed by atoms with Crippen molar-refractivity contribution in [2.45, 2.75) is 43.9 Å². The first kappa shape index (κ1) is 11.9. The van der Waals surface area contributed by atoms with Crippen LogP contribution in [-0.4, -0.2) is 21.8 Å². The van der Waals surface area contributed by atoms with E-state index in [1.54, 1.807) is 0 Å². The standard InChI is InChI=1S/C12H19N3S/c1-2-10(13)6-9-7-14-12(15-8-9)11-4-3-5-16-11/h7-8,10-11H,2-6,13H2,1H3. The first-order valence-electron chi connectivity index (χ1n) is 5.97. The molecule has 4 heteroatoms. The quantitative estimate of drug-likeness (QED) is 0.873. The number of aromatic nitrogens is 2. The van der Waals surface area contributed by atoms with Gasteiger partial charge in [-0.25, -0.2) is 9.97 Å². The topological polar surface area (TPSA) is 51.8 Å². The third-order valence-electron chi connectivity index (χ3n) is 2.97. The molecule has 2 N–H and O–H groups in total. The Hall–Kier alpha value is -0.610. The lowest BCUT2D eigenvalue weighted by Crippen LogP contribution is -2.21. The van der Waals surface area contributed by atoms with Crippen molar-refractivity contribution >= 4 is 11.8 Å². The van der Waals surface area contributed by atoms with E-state index in [-0.39, 0.29) is 6.04 Å². The maximum Gasteiger partial charge on any atom is 0.141 e. The number of nitrogens with two attached hydrogens (primary N) is 1. The molecule has 2 unspecified atom stereocenters. The lowest BCUT2D eigenvalue weighted by atomic mass is 10.1. The minimum absolute atomic E-state index is 0.232. The lowest BCUT2D eigenvalue weighted by molar-refractivity contribution is 0.641. The van der Waals surface area contributed by atoms with E-state index in [2.05, 4.69) is 16.9 Å². The van der Waals surface area contributed by atoms with E-state index >= 15 is 0 Å². The van der Waals surface area contributed by atoms with Crippen LogP contribution >= 0.6 is 11.8 Å². The first-order valence-corrected chi connectivity index (χ1v) is 7.02. The van der Waals surface area contributed by atoms with Crippen molar-refractivity contribution in [3.05, 3.63) is 23.8 Å². The van der Waals surface area contributed by atoms with Gasteiger partial charge >= 0.3 is 0 Å². The van der Waals surface area contributed by atoms with Crippen molar-refractivity contribution in [2.75, 3.05) is 5.75 Å². The Morgan fingerprint density at radius 1 is 1.50 bits per heavy atom. The van der Waals surface area contributed by atoms with Crippen LogP contribution in [0.5, 0.6) is 0 Å². The van der Waals surface area contributed by atoms with Gasteiger partial charge in [0.25, 0.3) is 0 Å². The fraction of sp³-hybridized carbons (Fsp3) is 0.667. The Kier molecular flexibility index (Phi) is 4.18. The van der Waals surface area contributed by atoms with Crippen LogP contribution in [0.2, 0.25) is 0 Å². The SMILES string of the molecule is CCC(N)Cc1cnc(C2CCCS2)nc1. The summed E-state index contributed by atoms with van der Waals surface area (Å²) in [5.74, 6) is 2.24. The molecule has 0 saturated carbocycles. The molecular weight excluding hydrogens is 218 g/mol. The Morgan fingerprint density at radius 2 is 2.25 bits per heavy atom. The van der Waals surface area contributed by atoms with Gasteiger partial charge in [-0.1, -0.05) is 6.92 Å². The Bertz CT molecular complexity index is 320. The molecule has 1 fully saturated rings. The molecule has 0 aliphatic carbocycles. The van der Waals surface area contributed by atoms with Gasteiger partial charge in [0.1, 0.15) is 5.82 Å². The average molecular weight is 237 g/mol. The van der Waals surface area contributed by atoms with Gasteiger partial charge < -0.3 is 5.73 Å². The number of nitrogens with zero attached hydrogens (tertiary/aromatic N) is 2. The van der Waals surface area contributed by atoms with E-state index in [0.717, 1.165) is 24.2 Å². The summed E-state index contributed by atoms with van der Waals surface area (Å²) in [6.45, 7) is 2.11. The van der Waals surface area contributed by atoms with Crippen LogP contribution in [0.3, 0.4) is 0 Å². The molecule has 1 aliphatic rings. The van der Waals surface area contributed by atoms with Gasteiger partial charge in [-0.15, -0.1) is 0 Å². The Morgan fingerprint density at radius 3 is 2.81 bits per heavy atom. The van der Waals surface area contributed by atoms with Gasteiger partial charge in [0.05, 0.1) is 5.25 Å². The van der Waals surface area contributed by atoms with Gasteiger partial charge in [-0.3, -0.25) is 0 Å². The highest BCUT2D eigenvalue weighted by Gasteiger charge is 2.19. The molecule has 1 aromatic heterocycles. The van der Waals surface area contributed by atoms with Crippen molar-refractivity contribution in [3.8, 4) is 0 Å². The van der Waals surface area contributed by atoms with E-state index in [1.165, 1.54) is 18.6 Å². The molecule has 2 heterocycles. The van der Waals surface area contributed by atoms with Crippen LogP contribution in [-0.2, 0) is 6.42 Å². The van der Waals surface area contributed by atoms with Gasteiger partial charge in [0.2, 0.25) is 0 Å².